The molecule has 0 radical (unpaired) electrons. The largest absolute Gasteiger partial charge is 0.409 e. The van der Waals surface area contributed by atoms with E-state index >= 15 is 0 Å². The smallest absolute Gasteiger partial charge is 0.173 e. The Labute approximate surface area is 122 Å². The zero-order valence-corrected chi connectivity index (χ0v) is 12.6. The number of hydrogen-bond donors (Lipinski definition) is 2. The molecule has 1 aliphatic rings. The third-order valence-corrected chi connectivity index (χ3v) is 4.66. The molecule has 0 aliphatic carbocycles. The number of amidine groups is 1. The molecule has 6 heteroatoms. The first-order valence-corrected chi connectivity index (χ1v) is 7.51. The zero-order chi connectivity index (χ0) is 14.0. The van der Waals surface area contributed by atoms with Crippen molar-refractivity contribution in [2.75, 3.05) is 18.0 Å². The quantitative estimate of drug-likeness (QED) is 0.381. The van der Waals surface area contributed by atoms with Gasteiger partial charge < -0.3 is 15.8 Å². The van der Waals surface area contributed by atoms with Crippen LogP contribution < -0.4 is 10.6 Å². The van der Waals surface area contributed by atoms with Gasteiger partial charge in [-0.25, -0.2) is 0 Å². The van der Waals surface area contributed by atoms with Crippen LogP contribution in [-0.2, 0) is 0 Å². The van der Waals surface area contributed by atoms with E-state index in [2.05, 4.69) is 23.9 Å². The van der Waals surface area contributed by atoms with Crippen LogP contribution in [0.4, 0.5) is 5.69 Å². The van der Waals surface area contributed by atoms with Crippen LogP contribution in [0.15, 0.2) is 23.4 Å². The van der Waals surface area contributed by atoms with Crippen molar-refractivity contribution in [3.63, 3.8) is 0 Å². The van der Waals surface area contributed by atoms with Gasteiger partial charge >= 0.3 is 0 Å². The number of hydrogen-bond acceptors (Lipinski definition) is 4. The fraction of sp³-hybridized carbons (Fsp3) is 0.462. The summed E-state index contributed by atoms with van der Waals surface area (Å²) in [7, 11) is 0. The van der Waals surface area contributed by atoms with E-state index in [0.717, 1.165) is 18.8 Å². The van der Waals surface area contributed by atoms with Crippen LogP contribution in [0.25, 0.3) is 0 Å². The number of benzene rings is 1. The van der Waals surface area contributed by atoms with Gasteiger partial charge in [-0.05, 0) is 12.1 Å². The summed E-state index contributed by atoms with van der Waals surface area (Å²) in [5, 5.41) is 13.6. The van der Waals surface area contributed by atoms with Crippen LogP contribution in [0.3, 0.4) is 0 Å². The van der Waals surface area contributed by atoms with Crippen molar-refractivity contribution in [2.45, 2.75) is 24.3 Å². The molecule has 2 rings (SSSR count). The van der Waals surface area contributed by atoms with Crippen LogP contribution in [-0.4, -0.2) is 34.6 Å². The maximum Gasteiger partial charge on any atom is 0.173 e. The van der Waals surface area contributed by atoms with E-state index in [1.54, 1.807) is 6.07 Å². The molecule has 0 amide bonds. The number of anilines is 1. The highest BCUT2D eigenvalue weighted by Crippen LogP contribution is 2.33. The molecule has 1 saturated heterocycles. The molecule has 2 atom stereocenters. The topological polar surface area (TPSA) is 61.8 Å². The molecular weight excluding hydrogens is 282 g/mol. The standard InChI is InChI=1S/C13H18ClN3OS/c1-8-6-17(7-9(2)19-8)11-5-3-4-10(14)12(11)13(15)16-18/h3-5,8-9,18H,6-7H2,1-2H3,(H2,15,16). The minimum atomic E-state index is 0.0548. The second kappa shape index (κ2) is 5.92. The first-order chi connectivity index (χ1) is 9.02. The van der Waals surface area contributed by atoms with Crippen molar-refractivity contribution in [3.8, 4) is 0 Å². The number of thioether (sulfide) groups is 1. The monoisotopic (exact) mass is 299 g/mol. The average molecular weight is 300 g/mol. The molecule has 1 aromatic rings. The fourth-order valence-electron chi connectivity index (χ4n) is 2.45. The van der Waals surface area contributed by atoms with E-state index in [1.165, 1.54) is 0 Å². The molecule has 1 aliphatic heterocycles. The summed E-state index contributed by atoms with van der Waals surface area (Å²) in [5.41, 5.74) is 7.30. The summed E-state index contributed by atoms with van der Waals surface area (Å²) in [4.78, 5) is 2.26. The Balaban J connectivity index is 2.41. The average Bonchev–Trinajstić information content (AvgIpc) is 2.36. The second-order valence-corrected chi connectivity index (χ2v) is 7.07. The van der Waals surface area contributed by atoms with Gasteiger partial charge in [-0.3, -0.25) is 0 Å². The maximum atomic E-state index is 8.92. The Morgan fingerprint density at radius 2 is 2.05 bits per heavy atom. The normalized spacial score (nSPS) is 24.6. The number of oxime groups is 1. The molecule has 1 fully saturated rings. The predicted molar refractivity (Wildman–Crippen MR) is 82.7 cm³/mol. The zero-order valence-electron chi connectivity index (χ0n) is 11.0. The lowest BCUT2D eigenvalue weighted by atomic mass is 10.1. The summed E-state index contributed by atoms with van der Waals surface area (Å²) < 4.78 is 0. The first-order valence-electron chi connectivity index (χ1n) is 6.19. The number of nitrogens with zero attached hydrogens (tertiary/aromatic N) is 2. The van der Waals surface area contributed by atoms with Crippen molar-refractivity contribution in [2.24, 2.45) is 10.9 Å². The van der Waals surface area contributed by atoms with Crippen molar-refractivity contribution in [1.29, 1.82) is 0 Å². The van der Waals surface area contributed by atoms with Gasteiger partial charge in [0, 0.05) is 29.3 Å². The first kappa shape index (κ1) is 14.3. The molecule has 104 valence electrons. The summed E-state index contributed by atoms with van der Waals surface area (Å²) in [6.07, 6.45) is 0. The highest BCUT2D eigenvalue weighted by atomic mass is 35.5. The number of halogens is 1. The second-order valence-electron chi connectivity index (χ2n) is 4.78. The van der Waals surface area contributed by atoms with Gasteiger partial charge in [-0.2, -0.15) is 11.8 Å². The molecule has 19 heavy (non-hydrogen) atoms. The van der Waals surface area contributed by atoms with Crippen LogP contribution in [0.1, 0.15) is 19.4 Å². The number of nitrogens with two attached hydrogens (primary N) is 1. The molecule has 0 bridgehead atoms. The Bertz CT molecular complexity index is 485. The van der Waals surface area contributed by atoms with E-state index in [9.17, 15) is 0 Å². The minimum absolute atomic E-state index is 0.0548. The van der Waals surface area contributed by atoms with Gasteiger partial charge in [0.2, 0.25) is 0 Å². The minimum Gasteiger partial charge on any atom is -0.409 e. The van der Waals surface area contributed by atoms with Crippen molar-refractivity contribution < 1.29 is 5.21 Å². The summed E-state index contributed by atoms with van der Waals surface area (Å²) in [6.45, 7) is 6.28. The SMILES string of the molecule is CC1CN(c2cccc(Cl)c2C(N)=NO)CC(C)S1. The lowest BCUT2D eigenvalue weighted by Gasteiger charge is -2.37. The lowest BCUT2D eigenvalue weighted by molar-refractivity contribution is 0.318. The van der Waals surface area contributed by atoms with E-state index < -0.39 is 0 Å². The van der Waals surface area contributed by atoms with Gasteiger partial charge in [0.1, 0.15) is 0 Å². The van der Waals surface area contributed by atoms with Gasteiger partial charge in [-0.15, -0.1) is 0 Å². The Morgan fingerprint density at radius 1 is 1.42 bits per heavy atom. The summed E-state index contributed by atoms with van der Waals surface area (Å²) >= 11 is 8.17. The summed E-state index contributed by atoms with van der Waals surface area (Å²) in [5.74, 6) is 0.0548. The van der Waals surface area contributed by atoms with E-state index in [4.69, 9.17) is 22.5 Å². The number of rotatable bonds is 2. The lowest BCUT2D eigenvalue weighted by Crippen LogP contribution is -2.41. The van der Waals surface area contributed by atoms with E-state index in [-0.39, 0.29) is 5.84 Å². The van der Waals surface area contributed by atoms with Crippen LogP contribution >= 0.6 is 23.4 Å². The third-order valence-electron chi connectivity index (χ3n) is 3.12. The molecule has 3 N–H and O–H groups in total. The molecular formula is C13H18ClN3OS. The van der Waals surface area contributed by atoms with Crippen LogP contribution in [0, 0.1) is 0 Å². The predicted octanol–water partition coefficient (Wildman–Crippen LogP) is 2.76. The van der Waals surface area contributed by atoms with Gasteiger partial charge in [-0.1, -0.05) is 36.7 Å². The molecule has 0 aromatic heterocycles. The third kappa shape index (κ3) is 3.09. The van der Waals surface area contributed by atoms with Crippen LogP contribution in [0.2, 0.25) is 5.02 Å². The maximum absolute atomic E-state index is 8.92. The van der Waals surface area contributed by atoms with Crippen molar-refractivity contribution in [3.05, 3.63) is 28.8 Å². The summed E-state index contributed by atoms with van der Waals surface area (Å²) in [6, 6.07) is 5.61. The van der Waals surface area contributed by atoms with Gasteiger partial charge in [0.05, 0.1) is 10.6 Å². The molecule has 4 nitrogen and oxygen atoms in total. The fourth-order valence-corrected chi connectivity index (χ4v) is 4.05. The van der Waals surface area contributed by atoms with Gasteiger partial charge in [0.25, 0.3) is 0 Å². The molecule has 1 heterocycles. The Morgan fingerprint density at radius 3 is 2.63 bits per heavy atom. The van der Waals surface area contributed by atoms with E-state index in [0.29, 0.717) is 21.1 Å². The molecule has 2 unspecified atom stereocenters. The molecule has 1 aromatic carbocycles. The Kier molecular flexibility index (Phi) is 4.47. The highest BCUT2D eigenvalue weighted by molar-refractivity contribution is 8.00. The van der Waals surface area contributed by atoms with Crippen molar-refractivity contribution >= 4 is 34.9 Å². The van der Waals surface area contributed by atoms with E-state index in [1.807, 2.05) is 23.9 Å². The Hall–Kier alpha value is -1.07. The van der Waals surface area contributed by atoms with Crippen molar-refractivity contribution in [1.82, 2.24) is 0 Å². The van der Waals surface area contributed by atoms with Crippen LogP contribution in [0.5, 0.6) is 0 Å². The molecule has 0 saturated carbocycles. The highest BCUT2D eigenvalue weighted by Gasteiger charge is 2.25. The molecule has 0 spiro atoms. The van der Waals surface area contributed by atoms with Gasteiger partial charge in [0.15, 0.2) is 5.84 Å².